The summed E-state index contributed by atoms with van der Waals surface area (Å²) in [5, 5.41) is 8.62. The molecule has 0 spiro atoms. The molecule has 0 unspecified atom stereocenters. The monoisotopic (exact) mass is 155 g/mol. The fourth-order valence-corrected chi connectivity index (χ4v) is 0.882. The lowest BCUT2D eigenvalue weighted by Gasteiger charge is -1.94. The maximum Gasteiger partial charge on any atom is 0.341 e. The maximum absolute atomic E-state index is 10.5. The van der Waals surface area contributed by atoms with Gasteiger partial charge in [-0.2, -0.15) is 0 Å². The predicted molar refractivity (Wildman–Crippen MR) is 38.9 cm³/mol. The van der Waals surface area contributed by atoms with Crippen molar-refractivity contribution in [3.05, 3.63) is 18.0 Å². The number of hydrogen-bond donors (Lipinski definition) is 1. The van der Waals surface area contributed by atoms with Crippen LogP contribution in [0.4, 0.5) is 0 Å². The van der Waals surface area contributed by atoms with Gasteiger partial charge in [0.2, 0.25) is 0 Å². The lowest BCUT2D eigenvalue weighted by molar-refractivity contribution is 0.0693. The standard InChI is InChI=1S/C7H9NO3/c1-8-3-5(7(9)10)6(4-8)11-2/h3-4H,1-2H3,(H,9,10). The summed E-state index contributed by atoms with van der Waals surface area (Å²) < 4.78 is 6.47. The number of rotatable bonds is 2. The van der Waals surface area contributed by atoms with Gasteiger partial charge in [-0.05, 0) is 0 Å². The van der Waals surface area contributed by atoms with Crippen LogP contribution in [-0.2, 0) is 7.05 Å². The number of carboxylic acids is 1. The number of carboxylic acid groups (broad SMARTS) is 1. The molecule has 1 aromatic heterocycles. The Hall–Kier alpha value is -1.45. The van der Waals surface area contributed by atoms with Crippen LogP contribution in [0.5, 0.6) is 5.75 Å². The first-order valence-corrected chi connectivity index (χ1v) is 3.08. The summed E-state index contributed by atoms with van der Waals surface area (Å²) in [6.45, 7) is 0. The third-order valence-electron chi connectivity index (χ3n) is 1.37. The molecule has 0 saturated heterocycles. The van der Waals surface area contributed by atoms with Gasteiger partial charge in [0, 0.05) is 19.4 Å². The van der Waals surface area contributed by atoms with Gasteiger partial charge in [0.15, 0.2) is 5.75 Å². The van der Waals surface area contributed by atoms with Crippen molar-refractivity contribution in [2.45, 2.75) is 0 Å². The second kappa shape index (κ2) is 2.65. The van der Waals surface area contributed by atoms with Gasteiger partial charge < -0.3 is 14.4 Å². The second-order valence-corrected chi connectivity index (χ2v) is 2.21. The van der Waals surface area contributed by atoms with Crippen LogP contribution in [0.2, 0.25) is 0 Å². The molecule has 1 heterocycles. The van der Waals surface area contributed by atoms with Gasteiger partial charge in [-0.3, -0.25) is 0 Å². The van der Waals surface area contributed by atoms with E-state index in [1.54, 1.807) is 17.8 Å². The Bertz CT molecular complexity index is 277. The Balaban J connectivity index is 3.12. The molecule has 0 radical (unpaired) electrons. The highest BCUT2D eigenvalue weighted by Crippen LogP contribution is 2.17. The number of nitrogens with zero attached hydrogens (tertiary/aromatic N) is 1. The van der Waals surface area contributed by atoms with Crippen molar-refractivity contribution in [3.63, 3.8) is 0 Å². The summed E-state index contributed by atoms with van der Waals surface area (Å²) in [6.07, 6.45) is 3.12. The topological polar surface area (TPSA) is 51.5 Å². The fraction of sp³-hybridized carbons (Fsp3) is 0.286. The zero-order valence-corrected chi connectivity index (χ0v) is 6.37. The van der Waals surface area contributed by atoms with Crippen LogP contribution in [0.1, 0.15) is 10.4 Å². The van der Waals surface area contributed by atoms with Crippen molar-refractivity contribution in [3.8, 4) is 5.75 Å². The van der Waals surface area contributed by atoms with E-state index in [4.69, 9.17) is 9.84 Å². The van der Waals surface area contributed by atoms with E-state index in [2.05, 4.69) is 0 Å². The molecule has 11 heavy (non-hydrogen) atoms. The van der Waals surface area contributed by atoms with Gasteiger partial charge in [0.05, 0.1) is 7.11 Å². The SMILES string of the molecule is COc1cn(C)cc1C(=O)O. The molecule has 4 heteroatoms. The van der Waals surface area contributed by atoms with Gasteiger partial charge in [0.1, 0.15) is 5.56 Å². The van der Waals surface area contributed by atoms with Crippen LogP contribution in [0.3, 0.4) is 0 Å². The first-order chi connectivity index (χ1) is 5.15. The zero-order valence-electron chi connectivity index (χ0n) is 6.37. The molecule has 0 aliphatic heterocycles. The summed E-state index contributed by atoms with van der Waals surface area (Å²) in [7, 11) is 3.19. The third kappa shape index (κ3) is 1.34. The summed E-state index contributed by atoms with van der Waals surface area (Å²) >= 11 is 0. The highest BCUT2D eigenvalue weighted by Gasteiger charge is 2.11. The maximum atomic E-state index is 10.5. The van der Waals surface area contributed by atoms with E-state index >= 15 is 0 Å². The molecule has 1 rings (SSSR count). The van der Waals surface area contributed by atoms with Crippen molar-refractivity contribution in [2.24, 2.45) is 7.05 Å². The fourth-order valence-electron chi connectivity index (χ4n) is 0.882. The van der Waals surface area contributed by atoms with Crippen LogP contribution < -0.4 is 4.74 Å². The summed E-state index contributed by atoms with van der Waals surface area (Å²) in [5.41, 5.74) is 0.190. The molecule has 0 bridgehead atoms. The number of hydrogen-bond acceptors (Lipinski definition) is 2. The van der Waals surface area contributed by atoms with Crippen LogP contribution in [0, 0.1) is 0 Å². The number of ether oxygens (including phenoxy) is 1. The molecule has 0 atom stereocenters. The molecule has 0 fully saturated rings. The molecule has 0 aromatic carbocycles. The van der Waals surface area contributed by atoms with Crippen LogP contribution in [0.15, 0.2) is 12.4 Å². The molecule has 1 aromatic rings. The van der Waals surface area contributed by atoms with E-state index in [9.17, 15) is 4.79 Å². The Morgan fingerprint density at radius 3 is 2.64 bits per heavy atom. The summed E-state index contributed by atoms with van der Waals surface area (Å²) in [4.78, 5) is 10.5. The summed E-state index contributed by atoms with van der Waals surface area (Å²) in [5.74, 6) is -0.581. The van der Waals surface area contributed by atoms with E-state index in [1.165, 1.54) is 13.3 Å². The van der Waals surface area contributed by atoms with E-state index in [0.29, 0.717) is 5.75 Å². The molecule has 1 N–H and O–H groups in total. The number of methoxy groups -OCH3 is 1. The van der Waals surface area contributed by atoms with Gasteiger partial charge >= 0.3 is 5.97 Å². The highest BCUT2D eigenvalue weighted by molar-refractivity contribution is 5.90. The number of aromatic nitrogens is 1. The Labute approximate surface area is 64.0 Å². The van der Waals surface area contributed by atoms with Crippen LogP contribution in [0.25, 0.3) is 0 Å². The molecule has 0 aliphatic carbocycles. The van der Waals surface area contributed by atoms with Crippen LogP contribution >= 0.6 is 0 Å². The molecule has 0 amide bonds. The normalized spacial score (nSPS) is 9.64. The lowest BCUT2D eigenvalue weighted by atomic mass is 10.3. The number of aryl methyl sites for hydroxylation is 1. The lowest BCUT2D eigenvalue weighted by Crippen LogP contribution is -1.96. The molecular formula is C7H9NO3. The quantitative estimate of drug-likeness (QED) is 0.685. The van der Waals surface area contributed by atoms with E-state index in [0.717, 1.165) is 0 Å². The van der Waals surface area contributed by atoms with Gasteiger partial charge in [0.25, 0.3) is 0 Å². The van der Waals surface area contributed by atoms with E-state index < -0.39 is 5.97 Å². The van der Waals surface area contributed by atoms with Gasteiger partial charge in [-0.25, -0.2) is 4.79 Å². The molecule has 60 valence electrons. The smallest absolute Gasteiger partial charge is 0.341 e. The van der Waals surface area contributed by atoms with Crippen molar-refractivity contribution in [2.75, 3.05) is 7.11 Å². The van der Waals surface area contributed by atoms with Crippen molar-refractivity contribution in [1.82, 2.24) is 4.57 Å². The van der Waals surface area contributed by atoms with Crippen molar-refractivity contribution in [1.29, 1.82) is 0 Å². The Kier molecular flexibility index (Phi) is 1.85. The number of aromatic carboxylic acids is 1. The Morgan fingerprint density at radius 2 is 2.27 bits per heavy atom. The molecular weight excluding hydrogens is 146 g/mol. The van der Waals surface area contributed by atoms with Crippen molar-refractivity contribution >= 4 is 5.97 Å². The highest BCUT2D eigenvalue weighted by atomic mass is 16.5. The first-order valence-electron chi connectivity index (χ1n) is 3.08. The van der Waals surface area contributed by atoms with E-state index in [1.807, 2.05) is 0 Å². The molecule has 0 saturated carbocycles. The van der Waals surface area contributed by atoms with E-state index in [-0.39, 0.29) is 5.56 Å². The minimum absolute atomic E-state index is 0.190. The van der Waals surface area contributed by atoms with Crippen LogP contribution in [-0.4, -0.2) is 22.8 Å². The summed E-state index contributed by atoms with van der Waals surface area (Å²) in [6, 6.07) is 0. The second-order valence-electron chi connectivity index (χ2n) is 2.21. The van der Waals surface area contributed by atoms with Crippen molar-refractivity contribution < 1.29 is 14.6 Å². The van der Waals surface area contributed by atoms with Gasteiger partial charge in [-0.1, -0.05) is 0 Å². The average Bonchev–Trinajstić information content (AvgIpc) is 2.30. The molecule has 0 aliphatic rings. The molecule has 4 nitrogen and oxygen atoms in total. The Morgan fingerprint density at radius 1 is 1.64 bits per heavy atom. The predicted octanol–water partition coefficient (Wildman–Crippen LogP) is 0.732. The van der Waals surface area contributed by atoms with Gasteiger partial charge in [-0.15, -0.1) is 0 Å². The largest absolute Gasteiger partial charge is 0.494 e. The minimum atomic E-state index is -0.970. The third-order valence-corrected chi connectivity index (χ3v) is 1.37. The number of carbonyl (C=O) groups is 1. The zero-order chi connectivity index (χ0) is 8.43. The first kappa shape index (κ1) is 7.65. The minimum Gasteiger partial charge on any atom is -0.494 e. The average molecular weight is 155 g/mol.